The maximum Gasteiger partial charge on any atom is 0.264 e. The van der Waals surface area contributed by atoms with Crippen LogP contribution in [-0.4, -0.2) is 46.6 Å². The van der Waals surface area contributed by atoms with Crippen LogP contribution in [-0.2, 0) is 4.79 Å². The number of aromatic amines is 1. The van der Waals surface area contributed by atoms with Crippen LogP contribution < -0.4 is 10.1 Å². The number of H-pyrrole nitrogens is 1. The summed E-state index contributed by atoms with van der Waals surface area (Å²) >= 11 is 7.47. The molecule has 1 atom stereocenters. The van der Waals surface area contributed by atoms with Gasteiger partial charge in [-0.15, -0.1) is 11.3 Å². The van der Waals surface area contributed by atoms with Crippen molar-refractivity contribution in [3.05, 3.63) is 51.7 Å². The molecule has 0 spiro atoms. The number of likely N-dealkylation sites (tertiary alicyclic amines) is 1. The zero-order valence-electron chi connectivity index (χ0n) is 15.6. The molecule has 2 amide bonds. The molecule has 7 nitrogen and oxygen atoms in total. The molecule has 0 saturated carbocycles. The van der Waals surface area contributed by atoms with Crippen molar-refractivity contribution in [1.29, 1.82) is 0 Å². The van der Waals surface area contributed by atoms with Crippen LogP contribution in [0.15, 0.2) is 41.8 Å². The number of halogens is 1. The Labute approximate surface area is 176 Å². The van der Waals surface area contributed by atoms with Gasteiger partial charge in [-0.2, -0.15) is 5.10 Å². The lowest BCUT2D eigenvalue weighted by Crippen LogP contribution is -2.43. The molecular weight excluding hydrogens is 412 g/mol. The van der Waals surface area contributed by atoms with Crippen molar-refractivity contribution in [2.45, 2.75) is 18.9 Å². The first-order chi connectivity index (χ1) is 14.1. The standard InChI is InChI=1S/C20H19ClN4O3S/c1-28-16-7-6-12(21)10-13(16)14-11-18(24-23-14)22-19(26)15-4-2-8-25(15)20(27)17-5-3-9-29-17/h3,5-7,9-11,15H,2,4,8H2,1H3,(H2,22,23,24,26)/t15-/m0/s1. The van der Waals surface area contributed by atoms with Gasteiger partial charge in [0.2, 0.25) is 5.91 Å². The van der Waals surface area contributed by atoms with Crippen LogP contribution >= 0.6 is 22.9 Å². The molecule has 3 heterocycles. The molecule has 9 heteroatoms. The Morgan fingerprint density at radius 1 is 1.34 bits per heavy atom. The molecule has 2 aromatic heterocycles. The predicted octanol–water partition coefficient (Wildman–Crippen LogP) is 4.04. The van der Waals surface area contributed by atoms with Crippen LogP contribution in [0.5, 0.6) is 5.75 Å². The average Bonchev–Trinajstić information content (AvgIpc) is 3.48. The lowest BCUT2D eigenvalue weighted by molar-refractivity contribution is -0.119. The molecule has 1 saturated heterocycles. The number of carbonyl (C=O) groups is 2. The lowest BCUT2D eigenvalue weighted by atomic mass is 10.1. The molecule has 0 aliphatic carbocycles. The van der Waals surface area contributed by atoms with Crippen molar-refractivity contribution in [2.24, 2.45) is 0 Å². The second kappa shape index (κ2) is 8.26. The highest BCUT2D eigenvalue weighted by Crippen LogP contribution is 2.32. The first-order valence-electron chi connectivity index (χ1n) is 9.11. The van der Waals surface area contributed by atoms with Crippen molar-refractivity contribution in [2.75, 3.05) is 19.0 Å². The van der Waals surface area contributed by atoms with Gasteiger partial charge in [-0.3, -0.25) is 14.7 Å². The highest BCUT2D eigenvalue weighted by atomic mass is 35.5. The summed E-state index contributed by atoms with van der Waals surface area (Å²) in [7, 11) is 1.57. The smallest absolute Gasteiger partial charge is 0.264 e. The third-order valence-corrected chi connectivity index (χ3v) is 5.92. The van der Waals surface area contributed by atoms with Gasteiger partial charge in [0.15, 0.2) is 5.82 Å². The number of carbonyl (C=O) groups excluding carboxylic acids is 2. The van der Waals surface area contributed by atoms with Crippen molar-refractivity contribution < 1.29 is 14.3 Å². The molecule has 4 rings (SSSR count). The molecule has 29 heavy (non-hydrogen) atoms. The van der Waals surface area contributed by atoms with E-state index in [-0.39, 0.29) is 11.8 Å². The zero-order chi connectivity index (χ0) is 20.4. The van der Waals surface area contributed by atoms with E-state index in [0.717, 1.165) is 12.0 Å². The van der Waals surface area contributed by atoms with E-state index in [2.05, 4.69) is 15.5 Å². The molecule has 150 valence electrons. The number of nitrogens with one attached hydrogen (secondary N) is 2. The van der Waals surface area contributed by atoms with Gasteiger partial charge >= 0.3 is 0 Å². The zero-order valence-corrected chi connectivity index (χ0v) is 17.2. The van der Waals surface area contributed by atoms with E-state index in [1.165, 1.54) is 11.3 Å². The van der Waals surface area contributed by atoms with Gasteiger partial charge in [0.1, 0.15) is 11.8 Å². The van der Waals surface area contributed by atoms with Crippen LogP contribution in [0.4, 0.5) is 5.82 Å². The summed E-state index contributed by atoms with van der Waals surface area (Å²) < 4.78 is 5.37. The molecule has 1 aliphatic heterocycles. The second-order valence-corrected chi connectivity index (χ2v) is 8.02. The first kappa shape index (κ1) is 19.5. The van der Waals surface area contributed by atoms with Gasteiger partial charge < -0.3 is 15.0 Å². The molecule has 3 aromatic rings. The van der Waals surface area contributed by atoms with Crippen LogP contribution in [0.25, 0.3) is 11.3 Å². The van der Waals surface area contributed by atoms with Crippen LogP contribution in [0.1, 0.15) is 22.5 Å². The van der Waals surface area contributed by atoms with E-state index in [1.807, 2.05) is 11.4 Å². The number of thiophene rings is 1. The Morgan fingerprint density at radius 2 is 2.21 bits per heavy atom. The summed E-state index contributed by atoms with van der Waals surface area (Å²) in [6.07, 6.45) is 1.42. The maximum absolute atomic E-state index is 12.8. The van der Waals surface area contributed by atoms with Gasteiger partial charge in [-0.05, 0) is 42.5 Å². The summed E-state index contributed by atoms with van der Waals surface area (Å²) in [5.41, 5.74) is 1.40. The number of methoxy groups -OCH3 is 1. The number of aromatic nitrogens is 2. The van der Waals surface area contributed by atoms with Crippen molar-refractivity contribution in [3.8, 4) is 17.0 Å². The first-order valence-corrected chi connectivity index (χ1v) is 10.4. The highest BCUT2D eigenvalue weighted by Gasteiger charge is 2.35. The third kappa shape index (κ3) is 3.99. The molecule has 0 bridgehead atoms. The van der Waals surface area contributed by atoms with Crippen molar-refractivity contribution in [1.82, 2.24) is 15.1 Å². The quantitative estimate of drug-likeness (QED) is 0.639. The van der Waals surface area contributed by atoms with Gasteiger partial charge in [0, 0.05) is 23.2 Å². The lowest BCUT2D eigenvalue weighted by Gasteiger charge is -2.22. The third-order valence-electron chi connectivity index (χ3n) is 4.83. The normalized spacial score (nSPS) is 16.1. The monoisotopic (exact) mass is 430 g/mol. The number of amides is 2. The van der Waals surface area contributed by atoms with Crippen molar-refractivity contribution in [3.63, 3.8) is 0 Å². The minimum Gasteiger partial charge on any atom is -0.496 e. The summed E-state index contributed by atoms with van der Waals surface area (Å²) in [5.74, 6) is 0.662. The minimum atomic E-state index is -0.509. The molecule has 1 fully saturated rings. The summed E-state index contributed by atoms with van der Waals surface area (Å²) in [6.45, 7) is 0.570. The topological polar surface area (TPSA) is 87.3 Å². The Bertz CT molecular complexity index is 1030. The van der Waals surface area contributed by atoms with Crippen molar-refractivity contribution >= 4 is 40.6 Å². The Balaban J connectivity index is 1.49. The predicted molar refractivity (Wildman–Crippen MR) is 113 cm³/mol. The molecule has 1 aromatic carbocycles. The largest absolute Gasteiger partial charge is 0.496 e. The van der Waals surface area contributed by atoms with Crippen LogP contribution in [0.3, 0.4) is 0 Å². The Kier molecular flexibility index (Phi) is 5.55. The molecule has 0 unspecified atom stereocenters. The average molecular weight is 431 g/mol. The van der Waals surface area contributed by atoms with Gasteiger partial charge in [-0.25, -0.2) is 0 Å². The van der Waals surface area contributed by atoms with E-state index in [9.17, 15) is 9.59 Å². The summed E-state index contributed by atoms with van der Waals surface area (Å²) in [6, 6.07) is 10.1. The number of rotatable bonds is 5. The van der Waals surface area contributed by atoms with E-state index < -0.39 is 6.04 Å². The van der Waals surface area contributed by atoms with Crippen LogP contribution in [0.2, 0.25) is 5.02 Å². The van der Waals surface area contributed by atoms with Gasteiger partial charge in [-0.1, -0.05) is 17.7 Å². The van der Waals surface area contributed by atoms with E-state index in [0.29, 0.717) is 40.1 Å². The second-order valence-electron chi connectivity index (χ2n) is 6.63. The van der Waals surface area contributed by atoms with E-state index in [4.69, 9.17) is 16.3 Å². The fourth-order valence-corrected chi connectivity index (χ4v) is 4.30. The molecular formula is C20H19ClN4O3S. The SMILES string of the molecule is COc1ccc(Cl)cc1-c1cc(NC(=O)[C@@H]2CCCN2C(=O)c2cccs2)n[nH]1. The number of ether oxygens (including phenoxy) is 1. The van der Waals surface area contributed by atoms with Crippen LogP contribution in [0, 0.1) is 0 Å². The fraction of sp³-hybridized carbons (Fsp3) is 0.250. The number of hydrogen-bond donors (Lipinski definition) is 2. The summed E-state index contributed by atoms with van der Waals surface area (Å²) in [5, 5.41) is 12.3. The number of nitrogens with zero attached hydrogens (tertiary/aromatic N) is 2. The number of benzene rings is 1. The fourth-order valence-electron chi connectivity index (χ4n) is 3.45. The highest BCUT2D eigenvalue weighted by molar-refractivity contribution is 7.12. The van der Waals surface area contributed by atoms with Gasteiger partial charge in [0.25, 0.3) is 5.91 Å². The Morgan fingerprint density at radius 3 is 2.97 bits per heavy atom. The van der Waals surface area contributed by atoms with E-state index >= 15 is 0 Å². The Hall–Kier alpha value is -2.84. The minimum absolute atomic E-state index is 0.107. The molecule has 1 aliphatic rings. The van der Waals surface area contributed by atoms with Gasteiger partial charge in [0.05, 0.1) is 17.7 Å². The molecule has 2 N–H and O–H groups in total. The summed E-state index contributed by atoms with van der Waals surface area (Å²) in [4.78, 5) is 27.8. The molecule has 0 radical (unpaired) electrons. The number of hydrogen-bond acceptors (Lipinski definition) is 5. The number of anilines is 1. The maximum atomic E-state index is 12.8. The van der Waals surface area contributed by atoms with E-state index in [1.54, 1.807) is 42.3 Å².